The van der Waals surface area contributed by atoms with E-state index in [1.165, 1.54) is 5.56 Å². The molecule has 7 nitrogen and oxygen atoms in total. The van der Waals surface area contributed by atoms with Crippen molar-refractivity contribution in [2.75, 3.05) is 19.6 Å². The number of benzene rings is 2. The molecule has 140 valence electrons. The summed E-state index contributed by atoms with van der Waals surface area (Å²) >= 11 is 0. The molecular formula is C20H22N4O3. The quantitative estimate of drug-likeness (QED) is 0.697. The zero-order valence-corrected chi connectivity index (χ0v) is 15.0. The summed E-state index contributed by atoms with van der Waals surface area (Å²) in [6.07, 6.45) is 3.05. The van der Waals surface area contributed by atoms with Crippen molar-refractivity contribution in [2.24, 2.45) is 0 Å². The Bertz CT molecular complexity index is 925. The second kappa shape index (κ2) is 7.75. The third-order valence-corrected chi connectivity index (χ3v) is 5.05. The van der Waals surface area contributed by atoms with Gasteiger partial charge in [-0.1, -0.05) is 30.3 Å². The van der Waals surface area contributed by atoms with Gasteiger partial charge in [-0.2, -0.15) is 0 Å². The summed E-state index contributed by atoms with van der Waals surface area (Å²) in [6.45, 7) is 2.91. The van der Waals surface area contributed by atoms with E-state index in [1.54, 1.807) is 18.2 Å². The van der Waals surface area contributed by atoms with Crippen molar-refractivity contribution in [3.8, 4) is 0 Å². The normalized spacial score (nSPS) is 17.9. The van der Waals surface area contributed by atoms with Crippen molar-refractivity contribution < 1.29 is 14.3 Å². The average molecular weight is 366 g/mol. The molecule has 1 saturated heterocycles. The standard InChI is InChI=1S/C20H22N4O3/c25-20(16-8-9-19-18(13-16)22-27-24(19)26)21-17-7-4-11-23(14-17)12-10-15-5-2-1-3-6-15/h1-3,5-6,8-9,13,17H,4,7,10-12,14H2,(H,21,25)/t17-/m0/s1. The zero-order chi connectivity index (χ0) is 18.6. The van der Waals surface area contributed by atoms with E-state index in [9.17, 15) is 10.0 Å². The maximum absolute atomic E-state index is 12.6. The van der Waals surface area contributed by atoms with Crippen LogP contribution in [0.1, 0.15) is 28.8 Å². The summed E-state index contributed by atoms with van der Waals surface area (Å²) in [5.41, 5.74) is 2.51. The number of likely N-dealkylation sites (tertiary alicyclic amines) is 1. The fourth-order valence-corrected chi connectivity index (χ4v) is 3.59. The van der Waals surface area contributed by atoms with Gasteiger partial charge in [-0.3, -0.25) is 9.42 Å². The number of piperidine rings is 1. The Balaban J connectivity index is 1.34. The molecule has 1 fully saturated rings. The van der Waals surface area contributed by atoms with Crippen molar-refractivity contribution >= 4 is 16.9 Å². The van der Waals surface area contributed by atoms with Crippen molar-refractivity contribution in [3.63, 3.8) is 0 Å². The molecule has 0 unspecified atom stereocenters. The molecule has 4 rings (SSSR count). The minimum absolute atomic E-state index is 0.125. The average Bonchev–Trinajstić information content (AvgIpc) is 3.08. The Morgan fingerprint density at radius 3 is 3.00 bits per heavy atom. The Labute approximate surface area is 157 Å². The Morgan fingerprint density at radius 1 is 1.30 bits per heavy atom. The first-order chi connectivity index (χ1) is 13.2. The van der Waals surface area contributed by atoms with Gasteiger partial charge in [-0.15, -0.1) is 0 Å². The van der Waals surface area contributed by atoms with Crippen LogP contribution < -0.4 is 10.2 Å². The molecule has 0 radical (unpaired) electrons. The highest BCUT2D eigenvalue weighted by Gasteiger charge is 2.22. The van der Waals surface area contributed by atoms with Crippen LogP contribution in [0.3, 0.4) is 0 Å². The second-order valence-corrected chi connectivity index (χ2v) is 6.98. The largest absolute Gasteiger partial charge is 0.359 e. The lowest BCUT2D eigenvalue weighted by molar-refractivity contribution is -0.782. The highest BCUT2D eigenvalue weighted by atomic mass is 16.8. The number of nitrogens with one attached hydrogen (secondary N) is 1. The van der Waals surface area contributed by atoms with Gasteiger partial charge in [0, 0.05) is 35.9 Å². The fourth-order valence-electron chi connectivity index (χ4n) is 3.59. The van der Waals surface area contributed by atoms with Crippen LogP contribution in [0.5, 0.6) is 0 Å². The van der Waals surface area contributed by atoms with Gasteiger partial charge in [-0.05, 0) is 48.4 Å². The van der Waals surface area contributed by atoms with Gasteiger partial charge in [0.1, 0.15) is 0 Å². The summed E-state index contributed by atoms with van der Waals surface area (Å²) in [6, 6.07) is 15.3. The van der Waals surface area contributed by atoms with Gasteiger partial charge in [0.05, 0.1) is 0 Å². The molecule has 1 amide bonds. The van der Waals surface area contributed by atoms with Crippen LogP contribution in [0, 0.1) is 5.21 Å². The van der Waals surface area contributed by atoms with E-state index in [2.05, 4.69) is 44.3 Å². The van der Waals surface area contributed by atoms with Crippen LogP contribution >= 0.6 is 0 Å². The maximum atomic E-state index is 12.6. The number of carbonyl (C=O) groups is 1. The Hall–Kier alpha value is -2.93. The lowest BCUT2D eigenvalue weighted by Crippen LogP contribution is -2.48. The predicted molar refractivity (Wildman–Crippen MR) is 100 cm³/mol. The van der Waals surface area contributed by atoms with E-state index < -0.39 is 0 Å². The highest BCUT2D eigenvalue weighted by Crippen LogP contribution is 2.14. The van der Waals surface area contributed by atoms with E-state index in [-0.39, 0.29) is 11.9 Å². The van der Waals surface area contributed by atoms with Gasteiger partial charge in [0.15, 0.2) is 0 Å². The Morgan fingerprint density at radius 2 is 2.15 bits per heavy atom. The third kappa shape index (κ3) is 4.09. The van der Waals surface area contributed by atoms with Crippen molar-refractivity contribution in [3.05, 3.63) is 64.9 Å². The minimum atomic E-state index is -0.146. The molecule has 2 heterocycles. The van der Waals surface area contributed by atoms with Crippen molar-refractivity contribution in [2.45, 2.75) is 25.3 Å². The van der Waals surface area contributed by atoms with Crippen LogP contribution in [-0.2, 0) is 6.42 Å². The molecule has 0 bridgehead atoms. The smallest absolute Gasteiger partial charge is 0.251 e. The number of rotatable bonds is 5. The summed E-state index contributed by atoms with van der Waals surface area (Å²) in [5, 5.41) is 18.1. The number of nitrogens with zero attached hydrogens (tertiary/aromatic N) is 3. The van der Waals surface area contributed by atoms with Crippen molar-refractivity contribution in [1.29, 1.82) is 0 Å². The molecule has 1 aliphatic heterocycles. The predicted octanol–water partition coefficient (Wildman–Crippen LogP) is 1.90. The molecule has 1 aromatic heterocycles. The number of amides is 1. The molecule has 0 saturated carbocycles. The van der Waals surface area contributed by atoms with Gasteiger partial charge < -0.3 is 15.4 Å². The van der Waals surface area contributed by atoms with Gasteiger partial charge in [0.25, 0.3) is 5.91 Å². The SMILES string of the molecule is O=C(N[C@H]1CCCN(CCc2ccccc2)C1)c1ccc2c(c1)no[n+]2[O-]. The topological polar surface area (TPSA) is 85.3 Å². The number of fused-ring (bicyclic) bond motifs is 1. The summed E-state index contributed by atoms with van der Waals surface area (Å²) in [4.78, 5) is 15.3. The molecule has 7 heteroatoms. The second-order valence-electron chi connectivity index (χ2n) is 6.98. The molecule has 0 spiro atoms. The summed E-state index contributed by atoms with van der Waals surface area (Å²) < 4.78 is 4.55. The summed E-state index contributed by atoms with van der Waals surface area (Å²) in [5.74, 6) is -0.146. The van der Waals surface area contributed by atoms with Gasteiger partial charge in [-0.25, -0.2) is 0 Å². The van der Waals surface area contributed by atoms with Gasteiger partial charge in [0.2, 0.25) is 11.0 Å². The zero-order valence-electron chi connectivity index (χ0n) is 15.0. The molecule has 0 aliphatic carbocycles. The summed E-state index contributed by atoms with van der Waals surface area (Å²) in [7, 11) is 0. The van der Waals surface area contributed by atoms with E-state index in [4.69, 9.17) is 0 Å². The van der Waals surface area contributed by atoms with Crippen LogP contribution in [0.25, 0.3) is 11.0 Å². The number of hydrogen-bond acceptors (Lipinski definition) is 5. The highest BCUT2D eigenvalue weighted by molar-refractivity contribution is 5.97. The fraction of sp³-hybridized carbons (Fsp3) is 0.350. The first-order valence-corrected chi connectivity index (χ1v) is 9.26. The molecule has 1 atom stereocenters. The van der Waals surface area contributed by atoms with Crippen molar-refractivity contribution in [1.82, 2.24) is 15.4 Å². The van der Waals surface area contributed by atoms with Crippen LogP contribution in [0.15, 0.2) is 53.2 Å². The van der Waals surface area contributed by atoms with Crippen LogP contribution in [0.4, 0.5) is 0 Å². The number of aromatic nitrogens is 2. The molecule has 1 aliphatic rings. The molecule has 27 heavy (non-hydrogen) atoms. The molecular weight excluding hydrogens is 344 g/mol. The molecule has 2 aromatic carbocycles. The maximum Gasteiger partial charge on any atom is 0.251 e. The lowest BCUT2D eigenvalue weighted by atomic mass is 10.0. The minimum Gasteiger partial charge on any atom is -0.359 e. The number of hydrogen-bond donors (Lipinski definition) is 1. The first kappa shape index (κ1) is 17.5. The third-order valence-electron chi connectivity index (χ3n) is 5.05. The van der Waals surface area contributed by atoms with Crippen LogP contribution in [0.2, 0.25) is 0 Å². The van der Waals surface area contributed by atoms with E-state index >= 15 is 0 Å². The number of carbonyl (C=O) groups excluding carboxylic acids is 1. The van der Waals surface area contributed by atoms with Gasteiger partial charge >= 0.3 is 0 Å². The van der Waals surface area contributed by atoms with E-state index in [0.29, 0.717) is 21.5 Å². The van der Waals surface area contributed by atoms with Crippen LogP contribution in [-0.4, -0.2) is 41.6 Å². The first-order valence-electron chi connectivity index (χ1n) is 9.26. The Kier molecular flexibility index (Phi) is 5.02. The molecule has 3 aromatic rings. The lowest BCUT2D eigenvalue weighted by Gasteiger charge is -2.33. The van der Waals surface area contributed by atoms with E-state index in [0.717, 1.165) is 38.9 Å². The van der Waals surface area contributed by atoms with E-state index in [1.807, 2.05) is 6.07 Å². The monoisotopic (exact) mass is 366 g/mol. The molecule has 1 N–H and O–H groups in total.